The Morgan fingerprint density at radius 1 is 1.40 bits per heavy atom. The topological polar surface area (TPSA) is 72.2 Å². The molecule has 1 aromatic carbocycles. The third kappa shape index (κ3) is 3.27. The lowest BCUT2D eigenvalue weighted by molar-refractivity contribution is 0.598. The maximum atomic E-state index is 11.2. The zero-order valence-electron chi connectivity index (χ0n) is 8.10. The minimum Gasteiger partial charge on any atom is -0.383 e. The Morgan fingerprint density at radius 2 is 2.07 bits per heavy atom. The molecule has 0 aliphatic rings. The van der Waals surface area contributed by atoms with Gasteiger partial charge in [0.25, 0.3) is 0 Å². The van der Waals surface area contributed by atoms with Crippen LogP contribution in [0.1, 0.15) is 6.42 Å². The molecule has 80 valence electrons. The lowest BCUT2D eigenvalue weighted by Gasteiger charge is -2.08. The quantitative estimate of drug-likeness (QED) is 0.586. The van der Waals surface area contributed by atoms with E-state index < -0.39 is 10.0 Å². The Hall–Kier alpha value is -1.51. The molecule has 0 saturated carbocycles. The SMILES string of the molecule is C#CCCNc1ccccc1S(N)(=O)=O. The molecule has 1 rings (SSSR count). The van der Waals surface area contributed by atoms with Crippen LogP contribution < -0.4 is 10.5 Å². The fraction of sp³-hybridized carbons (Fsp3) is 0.200. The molecule has 0 aliphatic carbocycles. The molecule has 5 heteroatoms. The summed E-state index contributed by atoms with van der Waals surface area (Å²) in [5, 5.41) is 7.97. The van der Waals surface area contributed by atoms with Gasteiger partial charge in [-0.15, -0.1) is 12.3 Å². The van der Waals surface area contributed by atoms with Gasteiger partial charge >= 0.3 is 0 Å². The number of anilines is 1. The van der Waals surface area contributed by atoms with Gasteiger partial charge < -0.3 is 5.32 Å². The van der Waals surface area contributed by atoms with Crippen molar-refractivity contribution in [2.45, 2.75) is 11.3 Å². The smallest absolute Gasteiger partial charge is 0.240 e. The first-order valence-electron chi connectivity index (χ1n) is 4.35. The molecule has 0 spiro atoms. The molecular weight excluding hydrogens is 212 g/mol. The number of para-hydroxylation sites is 1. The molecule has 0 aliphatic heterocycles. The standard InChI is InChI=1S/C10H12N2O2S/c1-2-3-8-12-9-6-4-5-7-10(9)15(11,13)14/h1,4-7,12H,3,8H2,(H2,11,13,14). The monoisotopic (exact) mass is 224 g/mol. The maximum Gasteiger partial charge on any atom is 0.240 e. The molecular formula is C10H12N2O2S. The summed E-state index contributed by atoms with van der Waals surface area (Å²) in [5.41, 5.74) is 0.482. The summed E-state index contributed by atoms with van der Waals surface area (Å²) in [5.74, 6) is 2.45. The van der Waals surface area contributed by atoms with Crippen molar-refractivity contribution >= 4 is 15.7 Å². The average molecular weight is 224 g/mol. The van der Waals surface area contributed by atoms with Crippen LogP contribution >= 0.6 is 0 Å². The van der Waals surface area contributed by atoms with Gasteiger partial charge in [0.15, 0.2) is 0 Å². The fourth-order valence-corrected chi connectivity index (χ4v) is 1.85. The van der Waals surface area contributed by atoms with Crippen molar-refractivity contribution in [3.8, 4) is 12.3 Å². The van der Waals surface area contributed by atoms with Gasteiger partial charge in [-0.1, -0.05) is 12.1 Å². The fourth-order valence-electron chi connectivity index (χ4n) is 1.13. The van der Waals surface area contributed by atoms with Crippen molar-refractivity contribution in [2.75, 3.05) is 11.9 Å². The van der Waals surface area contributed by atoms with Crippen molar-refractivity contribution in [1.82, 2.24) is 0 Å². The summed E-state index contributed by atoms with van der Waals surface area (Å²) < 4.78 is 22.4. The second-order valence-corrected chi connectivity index (χ2v) is 4.45. The van der Waals surface area contributed by atoms with Crippen molar-refractivity contribution in [2.24, 2.45) is 5.14 Å². The summed E-state index contributed by atoms with van der Waals surface area (Å²) in [6.45, 7) is 0.517. The first kappa shape index (κ1) is 11.6. The van der Waals surface area contributed by atoms with Crippen LogP contribution in [0.25, 0.3) is 0 Å². The minimum absolute atomic E-state index is 0.0852. The van der Waals surface area contributed by atoms with Crippen LogP contribution in [0.4, 0.5) is 5.69 Å². The van der Waals surface area contributed by atoms with Crippen LogP contribution in [0.2, 0.25) is 0 Å². The van der Waals surface area contributed by atoms with Crippen LogP contribution in [0, 0.1) is 12.3 Å². The van der Waals surface area contributed by atoms with E-state index in [1.165, 1.54) is 6.07 Å². The first-order chi connectivity index (χ1) is 7.05. The molecule has 0 saturated heterocycles. The molecule has 3 N–H and O–H groups in total. The normalized spacial score (nSPS) is 10.7. The molecule has 4 nitrogen and oxygen atoms in total. The number of nitrogens with two attached hydrogens (primary N) is 1. The van der Waals surface area contributed by atoms with E-state index in [0.29, 0.717) is 18.7 Å². The highest BCUT2D eigenvalue weighted by Crippen LogP contribution is 2.18. The van der Waals surface area contributed by atoms with E-state index in [2.05, 4.69) is 11.2 Å². The van der Waals surface area contributed by atoms with Crippen LogP contribution in [-0.4, -0.2) is 15.0 Å². The van der Waals surface area contributed by atoms with Gasteiger partial charge in [0, 0.05) is 13.0 Å². The zero-order valence-corrected chi connectivity index (χ0v) is 8.92. The van der Waals surface area contributed by atoms with E-state index >= 15 is 0 Å². The Balaban J connectivity index is 2.94. The molecule has 0 aromatic heterocycles. The van der Waals surface area contributed by atoms with Crippen LogP contribution in [0.5, 0.6) is 0 Å². The molecule has 0 bridgehead atoms. The third-order valence-corrected chi connectivity index (χ3v) is 2.75. The maximum absolute atomic E-state index is 11.2. The summed E-state index contributed by atoms with van der Waals surface area (Å²) >= 11 is 0. The van der Waals surface area contributed by atoms with E-state index in [0.717, 1.165) is 0 Å². The van der Waals surface area contributed by atoms with Crippen molar-refractivity contribution in [3.05, 3.63) is 24.3 Å². The highest BCUT2D eigenvalue weighted by molar-refractivity contribution is 7.89. The van der Waals surface area contributed by atoms with Gasteiger partial charge in [-0.25, -0.2) is 13.6 Å². The number of sulfonamides is 1. The van der Waals surface area contributed by atoms with Gasteiger partial charge in [0.1, 0.15) is 4.90 Å². The van der Waals surface area contributed by atoms with Gasteiger partial charge in [-0.2, -0.15) is 0 Å². The van der Waals surface area contributed by atoms with E-state index in [1.807, 2.05) is 0 Å². The lowest BCUT2D eigenvalue weighted by atomic mass is 10.3. The minimum atomic E-state index is -3.68. The molecule has 15 heavy (non-hydrogen) atoms. The Morgan fingerprint density at radius 3 is 2.67 bits per heavy atom. The van der Waals surface area contributed by atoms with E-state index in [1.54, 1.807) is 18.2 Å². The molecule has 0 fully saturated rings. The number of nitrogens with one attached hydrogen (secondary N) is 1. The first-order valence-corrected chi connectivity index (χ1v) is 5.89. The second kappa shape index (κ2) is 4.82. The number of rotatable bonds is 4. The Kier molecular flexibility index (Phi) is 3.72. The highest BCUT2D eigenvalue weighted by atomic mass is 32.2. The average Bonchev–Trinajstić information content (AvgIpc) is 2.17. The Labute approximate surface area is 89.5 Å². The van der Waals surface area contributed by atoms with E-state index in [9.17, 15) is 8.42 Å². The van der Waals surface area contributed by atoms with Crippen LogP contribution in [0.15, 0.2) is 29.2 Å². The van der Waals surface area contributed by atoms with Gasteiger partial charge in [0.05, 0.1) is 5.69 Å². The molecule has 0 atom stereocenters. The molecule has 0 heterocycles. The number of primary sulfonamides is 1. The van der Waals surface area contributed by atoms with Gasteiger partial charge in [-0.3, -0.25) is 0 Å². The molecule has 0 unspecified atom stereocenters. The Bertz CT molecular complexity index is 474. The van der Waals surface area contributed by atoms with Crippen LogP contribution in [-0.2, 0) is 10.0 Å². The van der Waals surface area contributed by atoms with Crippen LogP contribution in [0.3, 0.4) is 0 Å². The summed E-state index contributed by atoms with van der Waals surface area (Å²) in [6.07, 6.45) is 5.61. The lowest BCUT2D eigenvalue weighted by Crippen LogP contribution is -2.15. The summed E-state index contributed by atoms with van der Waals surface area (Å²) in [6, 6.07) is 6.45. The molecule has 1 aromatic rings. The zero-order chi connectivity index (χ0) is 11.3. The largest absolute Gasteiger partial charge is 0.383 e. The predicted molar refractivity (Wildman–Crippen MR) is 59.8 cm³/mol. The predicted octanol–water partition coefficient (Wildman–Crippen LogP) is 0.769. The molecule has 0 radical (unpaired) electrons. The van der Waals surface area contributed by atoms with Gasteiger partial charge in [0.2, 0.25) is 10.0 Å². The van der Waals surface area contributed by atoms with Crippen molar-refractivity contribution < 1.29 is 8.42 Å². The number of hydrogen-bond donors (Lipinski definition) is 2. The highest BCUT2D eigenvalue weighted by Gasteiger charge is 2.11. The summed E-state index contributed by atoms with van der Waals surface area (Å²) in [4.78, 5) is 0.0852. The second-order valence-electron chi connectivity index (χ2n) is 2.92. The third-order valence-electron chi connectivity index (χ3n) is 1.78. The number of benzene rings is 1. The van der Waals surface area contributed by atoms with E-state index in [4.69, 9.17) is 11.6 Å². The number of hydrogen-bond acceptors (Lipinski definition) is 3. The van der Waals surface area contributed by atoms with E-state index in [-0.39, 0.29) is 4.90 Å². The number of terminal acetylenes is 1. The summed E-state index contributed by atoms with van der Waals surface area (Å²) in [7, 11) is -3.68. The van der Waals surface area contributed by atoms with Gasteiger partial charge in [-0.05, 0) is 12.1 Å². The van der Waals surface area contributed by atoms with Crippen molar-refractivity contribution in [1.29, 1.82) is 0 Å². The van der Waals surface area contributed by atoms with Crippen molar-refractivity contribution in [3.63, 3.8) is 0 Å². The molecule has 0 amide bonds.